The van der Waals surface area contributed by atoms with Gasteiger partial charge in [-0.3, -0.25) is 10.2 Å². The van der Waals surface area contributed by atoms with E-state index in [0.29, 0.717) is 33.8 Å². The number of benzene rings is 1. The number of thioether (sulfide) groups is 1. The quantitative estimate of drug-likeness (QED) is 0.388. The Morgan fingerprint density at radius 1 is 1.18 bits per heavy atom. The maximum absolute atomic E-state index is 12.0. The van der Waals surface area contributed by atoms with Crippen LogP contribution in [0.1, 0.15) is 5.82 Å². The summed E-state index contributed by atoms with van der Waals surface area (Å²) in [6.07, 6.45) is 1.44. The van der Waals surface area contributed by atoms with E-state index < -0.39 is 10.0 Å². The van der Waals surface area contributed by atoms with Gasteiger partial charge in [-0.15, -0.1) is 5.10 Å². The van der Waals surface area contributed by atoms with Crippen molar-refractivity contribution in [2.75, 3.05) is 7.05 Å². The number of nitrogens with zero attached hydrogens (tertiary/aromatic N) is 4. The lowest BCUT2D eigenvalue weighted by Crippen LogP contribution is -2.18. The molecule has 4 aromatic rings. The second-order valence-electron chi connectivity index (χ2n) is 5.59. The number of H-pyrrole nitrogens is 2. The molecule has 1 aromatic carbocycles. The van der Waals surface area contributed by atoms with Gasteiger partial charge in [0.05, 0.1) is 10.6 Å². The number of furan rings is 1. The van der Waals surface area contributed by atoms with Crippen molar-refractivity contribution in [3.8, 4) is 22.9 Å². The number of sulfonamides is 1. The average Bonchev–Trinajstić information content (AvgIpc) is 3.47. The Bertz CT molecular complexity index is 1180. The van der Waals surface area contributed by atoms with Crippen LogP contribution in [-0.4, -0.2) is 45.8 Å². The number of aromatic amines is 2. The zero-order chi connectivity index (χ0) is 19.6. The molecular weight excluding hydrogens is 402 g/mol. The van der Waals surface area contributed by atoms with E-state index in [1.807, 2.05) is 0 Å². The second-order valence-corrected chi connectivity index (χ2v) is 8.42. The molecule has 0 fully saturated rings. The Balaban J connectivity index is 1.53. The molecule has 0 saturated heterocycles. The fourth-order valence-corrected chi connectivity index (χ4v) is 3.86. The summed E-state index contributed by atoms with van der Waals surface area (Å²) in [6.45, 7) is 0. The molecule has 0 saturated carbocycles. The highest BCUT2D eigenvalue weighted by molar-refractivity contribution is 7.98. The van der Waals surface area contributed by atoms with E-state index in [4.69, 9.17) is 4.42 Å². The number of nitrogens with one attached hydrogen (secondary N) is 3. The number of hydrogen-bond acceptors (Lipinski definition) is 8. The first-order valence-electron chi connectivity index (χ1n) is 8.09. The predicted octanol–water partition coefficient (Wildman–Crippen LogP) is 2.05. The van der Waals surface area contributed by atoms with Crippen molar-refractivity contribution in [2.24, 2.45) is 0 Å². The van der Waals surface area contributed by atoms with E-state index >= 15 is 0 Å². The van der Waals surface area contributed by atoms with Crippen molar-refractivity contribution >= 4 is 21.8 Å². The van der Waals surface area contributed by atoms with Crippen LogP contribution in [-0.2, 0) is 15.8 Å². The lowest BCUT2D eigenvalue weighted by molar-refractivity contribution is 0.587. The smallest absolute Gasteiger partial charge is 0.240 e. The molecule has 0 aliphatic carbocycles. The van der Waals surface area contributed by atoms with Gasteiger partial charge in [-0.2, -0.15) is 10.1 Å². The summed E-state index contributed by atoms with van der Waals surface area (Å²) in [5.41, 5.74) is 0.641. The van der Waals surface area contributed by atoms with Gasteiger partial charge in [-0.05, 0) is 31.3 Å². The molecule has 12 heteroatoms. The summed E-state index contributed by atoms with van der Waals surface area (Å²) < 4.78 is 32.1. The SMILES string of the molecule is CNS(=O)(=O)c1cccc(-c2ccc(-c3nc(SCc4ncn[nH]4)n[nH]3)o2)c1. The molecule has 28 heavy (non-hydrogen) atoms. The average molecular weight is 417 g/mol. The van der Waals surface area contributed by atoms with Gasteiger partial charge in [0.2, 0.25) is 15.2 Å². The summed E-state index contributed by atoms with van der Waals surface area (Å²) in [6, 6.07) is 10.0. The van der Waals surface area contributed by atoms with Gasteiger partial charge in [-0.25, -0.2) is 18.1 Å². The summed E-state index contributed by atoms with van der Waals surface area (Å²) in [5.74, 6) is 2.79. The van der Waals surface area contributed by atoms with Gasteiger partial charge in [0.1, 0.15) is 17.9 Å². The first-order valence-corrected chi connectivity index (χ1v) is 10.6. The van der Waals surface area contributed by atoms with Crippen molar-refractivity contribution in [3.05, 3.63) is 48.5 Å². The van der Waals surface area contributed by atoms with Crippen LogP contribution < -0.4 is 4.72 Å². The summed E-state index contributed by atoms with van der Waals surface area (Å²) in [5, 5.41) is 14.1. The van der Waals surface area contributed by atoms with Crippen LogP contribution in [0.4, 0.5) is 0 Å². The monoisotopic (exact) mass is 417 g/mol. The van der Waals surface area contributed by atoms with E-state index in [9.17, 15) is 8.42 Å². The van der Waals surface area contributed by atoms with Gasteiger partial charge < -0.3 is 4.42 Å². The minimum absolute atomic E-state index is 0.163. The summed E-state index contributed by atoms with van der Waals surface area (Å²) in [7, 11) is -2.16. The van der Waals surface area contributed by atoms with Crippen molar-refractivity contribution in [3.63, 3.8) is 0 Å². The highest BCUT2D eigenvalue weighted by Crippen LogP contribution is 2.29. The molecule has 0 bridgehead atoms. The Labute approximate surface area is 164 Å². The molecule has 0 atom stereocenters. The normalized spacial score (nSPS) is 11.8. The molecule has 0 unspecified atom stereocenters. The van der Waals surface area contributed by atoms with E-state index in [0.717, 1.165) is 5.82 Å². The molecule has 3 heterocycles. The Morgan fingerprint density at radius 2 is 2.04 bits per heavy atom. The van der Waals surface area contributed by atoms with Crippen molar-refractivity contribution < 1.29 is 12.8 Å². The third kappa shape index (κ3) is 3.83. The van der Waals surface area contributed by atoms with Crippen LogP contribution >= 0.6 is 11.8 Å². The van der Waals surface area contributed by atoms with Crippen molar-refractivity contribution in [1.82, 2.24) is 35.1 Å². The van der Waals surface area contributed by atoms with Gasteiger partial charge in [-0.1, -0.05) is 23.9 Å². The van der Waals surface area contributed by atoms with Crippen LogP contribution in [0.25, 0.3) is 22.9 Å². The summed E-state index contributed by atoms with van der Waals surface area (Å²) in [4.78, 5) is 8.60. The first kappa shape index (κ1) is 18.4. The summed E-state index contributed by atoms with van der Waals surface area (Å²) >= 11 is 1.40. The highest BCUT2D eigenvalue weighted by Gasteiger charge is 2.15. The number of rotatable bonds is 7. The maximum Gasteiger partial charge on any atom is 0.240 e. The fourth-order valence-electron chi connectivity index (χ4n) is 2.41. The van der Waals surface area contributed by atoms with Gasteiger partial charge in [0.25, 0.3) is 0 Å². The molecule has 3 N–H and O–H groups in total. The maximum atomic E-state index is 12.0. The lowest BCUT2D eigenvalue weighted by Gasteiger charge is -2.04. The largest absolute Gasteiger partial charge is 0.453 e. The van der Waals surface area contributed by atoms with E-state index in [-0.39, 0.29) is 4.90 Å². The second kappa shape index (κ2) is 7.58. The molecule has 10 nitrogen and oxygen atoms in total. The van der Waals surface area contributed by atoms with E-state index in [1.165, 1.54) is 31.2 Å². The van der Waals surface area contributed by atoms with Crippen LogP contribution in [0.2, 0.25) is 0 Å². The highest BCUT2D eigenvalue weighted by atomic mass is 32.2. The number of aromatic nitrogens is 6. The number of hydrogen-bond donors (Lipinski definition) is 3. The zero-order valence-electron chi connectivity index (χ0n) is 14.6. The molecular formula is C16H15N7O3S2. The van der Waals surface area contributed by atoms with Gasteiger partial charge in [0.15, 0.2) is 11.6 Å². The van der Waals surface area contributed by atoms with Gasteiger partial charge in [0, 0.05) is 5.56 Å². The van der Waals surface area contributed by atoms with Crippen molar-refractivity contribution in [2.45, 2.75) is 15.8 Å². The lowest BCUT2D eigenvalue weighted by atomic mass is 10.2. The third-order valence-corrected chi connectivity index (χ3v) is 6.08. The van der Waals surface area contributed by atoms with Crippen LogP contribution in [0.5, 0.6) is 0 Å². The van der Waals surface area contributed by atoms with Gasteiger partial charge >= 0.3 is 0 Å². The fraction of sp³-hybridized carbons (Fsp3) is 0.125. The molecule has 144 valence electrons. The minimum atomic E-state index is -3.53. The van der Waals surface area contributed by atoms with Crippen LogP contribution in [0.3, 0.4) is 0 Å². The Kier molecular flexibility index (Phi) is 4.98. The van der Waals surface area contributed by atoms with E-state index in [2.05, 4.69) is 35.1 Å². The molecule has 0 radical (unpaired) electrons. The zero-order valence-corrected chi connectivity index (χ0v) is 16.2. The molecule has 0 aliphatic rings. The molecule has 0 amide bonds. The topological polar surface area (TPSA) is 142 Å². The van der Waals surface area contributed by atoms with E-state index in [1.54, 1.807) is 30.3 Å². The van der Waals surface area contributed by atoms with Crippen LogP contribution in [0, 0.1) is 0 Å². The standard InChI is InChI=1S/C16H15N7O3S2/c1-17-28(24,25)11-4-2-3-10(7-11)12-5-6-13(26-12)15-20-16(23-22-15)27-8-14-18-9-19-21-14/h2-7,9,17H,8H2,1H3,(H,18,19,21)(H,20,22,23). The Morgan fingerprint density at radius 3 is 2.82 bits per heavy atom. The predicted molar refractivity (Wildman–Crippen MR) is 102 cm³/mol. The molecule has 3 aromatic heterocycles. The van der Waals surface area contributed by atoms with Crippen LogP contribution in [0.15, 0.2) is 57.2 Å². The first-order chi connectivity index (χ1) is 13.5. The molecule has 0 aliphatic heterocycles. The Hall–Kier alpha value is -2.96. The third-order valence-electron chi connectivity index (χ3n) is 3.80. The minimum Gasteiger partial charge on any atom is -0.453 e. The molecule has 0 spiro atoms. The molecule has 4 rings (SSSR count). The van der Waals surface area contributed by atoms with Crippen molar-refractivity contribution in [1.29, 1.82) is 0 Å².